The summed E-state index contributed by atoms with van der Waals surface area (Å²) < 4.78 is 5.60. The van der Waals surface area contributed by atoms with Crippen LogP contribution in [0.4, 0.5) is 0 Å². The van der Waals surface area contributed by atoms with Crippen LogP contribution in [0.15, 0.2) is 0 Å². The van der Waals surface area contributed by atoms with Crippen LogP contribution in [0.3, 0.4) is 0 Å². The van der Waals surface area contributed by atoms with E-state index in [2.05, 4.69) is 0 Å². The van der Waals surface area contributed by atoms with Gasteiger partial charge >= 0.3 is 0 Å². The summed E-state index contributed by atoms with van der Waals surface area (Å²) in [6.45, 7) is 0. The molecular formula is C10H16O2. The first-order valence-electron chi connectivity index (χ1n) is 5.18. The Balaban J connectivity index is 1.81. The van der Waals surface area contributed by atoms with Crippen LogP contribution in [-0.4, -0.2) is 17.5 Å². The van der Waals surface area contributed by atoms with Crippen molar-refractivity contribution in [2.45, 2.75) is 44.5 Å². The van der Waals surface area contributed by atoms with Crippen molar-refractivity contribution in [3.05, 3.63) is 0 Å². The van der Waals surface area contributed by atoms with E-state index in [9.17, 15) is 5.11 Å². The van der Waals surface area contributed by atoms with Crippen molar-refractivity contribution >= 4 is 0 Å². The zero-order chi connectivity index (χ0) is 8.13. The molecule has 5 atom stereocenters. The van der Waals surface area contributed by atoms with Crippen LogP contribution < -0.4 is 0 Å². The number of hydrogen-bond acceptors (Lipinski definition) is 2. The summed E-state index contributed by atoms with van der Waals surface area (Å²) in [6.07, 6.45) is 6.18. The third kappa shape index (κ3) is 0.882. The van der Waals surface area contributed by atoms with Gasteiger partial charge in [0.1, 0.15) is 0 Å². The van der Waals surface area contributed by atoms with Crippen molar-refractivity contribution in [1.82, 2.24) is 0 Å². The maximum Gasteiger partial charge on any atom is 0.154 e. The fourth-order valence-corrected chi connectivity index (χ4v) is 3.55. The monoisotopic (exact) mass is 168 g/mol. The Kier molecular flexibility index (Phi) is 1.50. The van der Waals surface area contributed by atoms with Crippen LogP contribution >= 0.6 is 0 Å². The lowest BCUT2D eigenvalue weighted by atomic mass is 9.81. The molecule has 0 aromatic carbocycles. The molecule has 3 aliphatic rings. The van der Waals surface area contributed by atoms with Crippen molar-refractivity contribution in [3.8, 4) is 0 Å². The van der Waals surface area contributed by atoms with Crippen LogP contribution in [0.5, 0.6) is 0 Å². The van der Waals surface area contributed by atoms with Crippen LogP contribution in [0.1, 0.15) is 32.1 Å². The van der Waals surface area contributed by atoms with Gasteiger partial charge in [-0.1, -0.05) is 0 Å². The molecule has 0 aromatic heterocycles. The summed E-state index contributed by atoms with van der Waals surface area (Å²) in [5, 5.41) is 9.36. The highest BCUT2D eigenvalue weighted by Crippen LogP contribution is 2.53. The average molecular weight is 168 g/mol. The molecule has 0 radical (unpaired) electrons. The van der Waals surface area contributed by atoms with Gasteiger partial charge in [0.25, 0.3) is 0 Å². The molecule has 3 rings (SSSR count). The first-order valence-corrected chi connectivity index (χ1v) is 5.18. The zero-order valence-electron chi connectivity index (χ0n) is 7.28. The SMILES string of the molecule is OC1CC[C@@H]2[C@H]3CC[C@H](C3)[C@@H]2O1. The summed E-state index contributed by atoms with van der Waals surface area (Å²) in [4.78, 5) is 0. The summed E-state index contributed by atoms with van der Waals surface area (Å²) in [5.74, 6) is 2.52. The van der Waals surface area contributed by atoms with E-state index in [1.807, 2.05) is 0 Å². The number of rotatable bonds is 0. The zero-order valence-corrected chi connectivity index (χ0v) is 7.28. The summed E-state index contributed by atoms with van der Waals surface area (Å²) in [7, 11) is 0. The largest absolute Gasteiger partial charge is 0.368 e. The molecule has 68 valence electrons. The molecule has 2 saturated carbocycles. The Morgan fingerprint density at radius 2 is 1.83 bits per heavy atom. The number of fused-ring (bicyclic) bond motifs is 5. The highest BCUT2D eigenvalue weighted by Gasteiger charge is 2.50. The third-order valence-corrected chi connectivity index (χ3v) is 4.07. The maximum absolute atomic E-state index is 9.36. The number of hydrogen-bond donors (Lipinski definition) is 1. The molecule has 1 heterocycles. The summed E-state index contributed by atoms with van der Waals surface area (Å²) in [5.41, 5.74) is 0. The molecule has 1 unspecified atom stereocenters. The van der Waals surface area contributed by atoms with Crippen LogP contribution in [0.2, 0.25) is 0 Å². The second kappa shape index (κ2) is 2.46. The van der Waals surface area contributed by atoms with Gasteiger partial charge in [0.05, 0.1) is 6.10 Å². The summed E-state index contributed by atoms with van der Waals surface area (Å²) >= 11 is 0. The Hall–Kier alpha value is -0.0800. The molecule has 12 heavy (non-hydrogen) atoms. The van der Waals surface area contributed by atoms with Gasteiger partial charge in [-0.2, -0.15) is 0 Å². The van der Waals surface area contributed by atoms with Crippen LogP contribution in [-0.2, 0) is 4.74 Å². The topological polar surface area (TPSA) is 29.5 Å². The molecule has 1 aliphatic heterocycles. The first-order chi connectivity index (χ1) is 5.84. The molecule has 1 N–H and O–H groups in total. The molecule has 2 nitrogen and oxygen atoms in total. The number of aliphatic hydroxyl groups excluding tert-OH is 1. The van der Waals surface area contributed by atoms with Gasteiger partial charge < -0.3 is 9.84 Å². The minimum atomic E-state index is -0.453. The standard InChI is InChI=1S/C10H16O2/c11-9-4-3-8-6-1-2-7(5-6)10(8)12-9/h6-11H,1-5H2/t6-,7+,8+,9?,10-/m0/s1. The third-order valence-electron chi connectivity index (χ3n) is 4.07. The normalized spacial score (nSPS) is 57.2. The molecule has 3 fully saturated rings. The first kappa shape index (κ1) is 7.34. The van der Waals surface area contributed by atoms with Gasteiger partial charge in [-0.05, 0) is 49.9 Å². The maximum atomic E-state index is 9.36. The fourth-order valence-electron chi connectivity index (χ4n) is 3.55. The Morgan fingerprint density at radius 1 is 1.00 bits per heavy atom. The molecule has 0 spiro atoms. The van der Waals surface area contributed by atoms with E-state index in [1.54, 1.807) is 0 Å². The van der Waals surface area contributed by atoms with Gasteiger partial charge in [0, 0.05) is 0 Å². The lowest BCUT2D eigenvalue weighted by Gasteiger charge is -2.37. The minimum absolute atomic E-state index is 0.424. The Bertz CT molecular complexity index is 192. The molecule has 0 amide bonds. The smallest absolute Gasteiger partial charge is 0.154 e. The van der Waals surface area contributed by atoms with Gasteiger partial charge in [0.15, 0.2) is 6.29 Å². The van der Waals surface area contributed by atoms with Gasteiger partial charge in [-0.25, -0.2) is 0 Å². The Labute approximate surface area is 72.9 Å². The predicted molar refractivity (Wildman–Crippen MR) is 44.4 cm³/mol. The van der Waals surface area contributed by atoms with Crippen LogP contribution in [0, 0.1) is 17.8 Å². The minimum Gasteiger partial charge on any atom is -0.368 e. The Morgan fingerprint density at radius 3 is 2.75 bits per heavy atom. The molecule has 2 aliphatic carbocycles. The highest BCUT2D eigenvalue weighted by molar-refractivity contribution is 4.98. The molecule has 2 heteroatoms. The predicted octanol–water partition coefficient (Wildman–Crippen LogP) is 1.53. The van der Waals surface area contributed by atoms with Crippen molar-refractivity contribution in [1.29, 1.82) is 0 Å². The van der Waals surface area contributed by atoms with E-state index in [1.165, 1.54) is 25.7 Å². The van der Waals surface area contributed by atoms with E-state index >= 15 is 0 Å². The molecule has 2 bridgehead atoms. The quantitative estimate of drug-likeness (QED) is 0.594. The van der Waals surface area contributed by atoms with Crippen molar-refractivity contribution in [2.75, 3.05) is 0 Å². The second-order valence-electron chi connectivity index (χ2n) is 4.63. The van der Waals surface area contributed by atoms with E-state index in [-0.39, 0.29) is 0 Å². The number of ether oxygens (including phenoxy) is 1. The fraction of sp³-hybridized carbons (Fsp3) is 1.00. The van der Waals surface area contributed by atoms with Crippen LogP contribution in [0.25, 0.3) is 0 Å². The molecule has 0 aromatic rings. The molecular weight excluding hydrogens is 152 g/mol. The van der Waals surface area contributed by atoms with E-state index < -0.39 is 6.29 Å². The van der Waals surface area contributed by atoms with E-state index in [4.69, 9.17) is 4.74 Å². The van der Waals surface area contributed by atoms with Gasteiger partial charge in [-0.15, -0.1) is 0 Å². The average Bonchev–Trinajstić information content (AvgIpc) is 2.63. The lowest BCUT2D eigenvalue weighted by molar-refractivity contribution is -0.194. The van der Waals surface area contributed by atoms with Gasteiger partial charge in [0.2, 0.25) is 0 Å². The highest BCUT2D eigenvalue weighted by atomic mass is 16.6. The molecule has 1 saturated heterocycles. The summed E-state index contributed by atoms with van der Waals surface area (Å²) in [6, 6.07) is 0. The number of aliphatic hydroxyl groups is 1. The van der Waals surface area contributed by atoms with E-state index in [0.717, 1.165) is 24.2 Å². The second-order valence-corrected chi connectivity index (χ2v) is 4.63. The van der Waals surface area contributed by atoms with Crippen molar-refractivity contribution in [3.63, 3.8) is 0 Å². The van der Waals surface area contributed by atoms with E-state index in [0.29, 0.717) is 6.10 Å². The van der Waals surface area contributed by atoms with Crippen molar-refractivity contribution < 1.29 is 9.84 Å². The van der Waals surface area contributed by atoms with Gasteiger partial charge in [-0.3, -0.25) is 0 Å². The van der Waals surface area contributed by atoms with Crippen molar-refractivity contribution in [2.24, 2.45) is 17.8 Å². The lowest BCUT2D eigenvalue weighted by Crippen LogP contribution is -2.38.